The zero-order chi connectivity index (χ0) is 15.0. The number of hydrogen-bond donors (Lipinski definition) is 0. The summed E-state index contributed by atoms with van der Waals surface area (Å²) < 4.78 is 11.3. The molecule has 0 aromatic heterocycles. The van der Waals surface area contributed by atoms with Gasteiger partial charge in [-0.2, -0.15) is 0 Å². The fourth-order valence-corrected chi connectivity index (χ4v) is 3.22. The Morgan fingerprint density at radius 1 is 1.33 bits per heavy atom. The van der Waals surface area contributed by atoms with Crippen molar-refractivity contribution >= 4 is 6.09 Å². The molecule has 0 bridgehead atoms. The first kappa shape index (κ1) is 14.2. The number of nitrogens with zero attached hydrogens (tertiary/aromatic N) is 1. The molecule has 21 heavy (non-hydrogen) atoms. The molecule has 0 radical (unpaired) electrons. The van der Waals surface area contributed by atoms with Gasteiger partial charge in [0.2, 0.25) is 0 Å². The third-order valence-electron chi connectivity index (χ3n) is 4.16. The maximum Gasteiger partial charge on any atom is 0.410 e. The number of fused-ring (bicyclic) bond motifs is 3. The molecular formula is C17H23NO3. The van der Waals surface area contributed by atoms with E-state index < -0.39 is 5.60 Å². The van der Waals surface area contributed by atoms with Gasteiger partial charge in [-0.1, -0.05) is 18.2 Å². The molecule has 1 saturated heterocycles. The Balaban J connectivity index is 1.70. The SMILES string of the molecule is CC(C)(C)OC(=O)N1CC[C@@H]2c3ccccc3OC[C@@H]2C1. The van der Waals surface area contributed by atoms with E-state index in [2.05, 4.69) is 12.1 Å². The van der Waals surface area contributed by atoms with Gasteiger partial charge in [0.1, 0.15) is 11.4 Å². The van der Waals surface area contributed by atoms with Crippen molar-refractivity contribution in [2.24, 2.45) is 5.92 Å². The number of amides is 1. The summed E-state index contributed by atoms with van der Waals surface area (Å²) in [6.45, 7) is 7.85. The largest absolute Gasteiger partial charge is 0.493 e. The van der Waals surface area contributed by atoms with Crippen molar-refractivity contribution in [3.8, 4) is 5.75 Å². The van der Waals surface area contributed by atoms with E-state index in [-0.39, 0.29) is 6.09 Å². The second-order valence-corrected chi connectivity index (χ2v) is 6.93. The third kappa shape index (κ3) is 2.99. The minimum Gasteiger partial charge on any atom is -0.493 e. The summed E-state index contributed by atoms with van der Waals surface area (Å²) in [6.07, 6.45) is 0.768. The molecule has 2 aliphatic rings. The van der Waals surface area contributed by atoms with Gasteiger partial charge in [-0.15, -0.1) is 0 Å². The lowest BCUT2D eigenvalue weighted by atomic mass is 9.79. The predicted molar refractivity (Wildman–Crippen MR) is 80.6 cm³/mol. The Bertz CT molecular complexity index is 535. The van der Waals surface area contributed by atoms with Crippen molar-refractivity contribution in [3.05, 3.63) is 29.8 Å². The van der Waals surface area contributed by atoms with Gasteiger partial charge in [-0.3, -0.25) is 0 Å². The van der Waals surface area contributed by atoms with Crippen LogP contribution >= 0.6 is 0 Å². The van der Waals surface area contributed by atoms with Gasteiger partial charge in [0.25, 0.3) is 0 Å². The zero-order valence-electron chi connectivity index (χ0n) is 13.0. The summed E-state index contributed by atoms with van der Waals surface area (Å²) in [4.78, 5) is 14.0. The van der Waals surface area contributed by atoms with E-state index in [9.17, 15) is 4.79 Å². The molecule has 0 N–H and O–H groups in total. The molecule has 4 heteroatoms. The van der Waals surface area contributed by atoms with E-state index in [0.717, 1.165) is 18.7 Å². The smallest absolute Gasteiger partial charge is 0.410 e. The number of rotatable bonds is 0. The van der Waals surface area contributed by atoms with Crippen LogP contribution in [0.25, 0.3) is 0 Å². The summed E-state index contributed by atoms with van der Waals surface area (Å²) >= 11 is 0. The monoisotopic (exact) mass is 289 g/mol. The Labute approximate surface area is 126 Å². The minimum atomic E-state index is -0.441. The third-order valence-corrected chi connectivity index (χ3v) is 4.16. The molecule has 2 aliphatic heterocycles. The van der Waals surface area contributed by atoms with Crippen molar-refractivity contribution in [3.63, 3.8) is 0 Å². The molecule has 114 valence electrons. The Morgan fingerprint density at radius 2 is 2.10 bits per heavy atom. The highest BCUT2D eigenvalue weighted by molar-refractivity contribution is 5.68. The van der Waals surface area contributed by atoms with E-state index in [1.54, 1.807) is 0 Å². The molecule has 1 aromatic carbocycles. The van der Waals surface area contributed by atoms with Crippen LogP contribution in [-0.4, -0.2) is 36.3 Å². The van der Waals surface area contributed by atoms with Crippen molar-refractivity contribution < 1.29 is 14.3 Å². The Hall–Kier alpha value is -1.71. The molecule has 0 unspecified atom stereocenters. The number of ether oxygens (including phenoxy) is 2. The number of carbonyl (C=O) groups excluding carboxylic acids is 1. The first-order chi connectivity index (χ1) is 9.94. The average Bonchev–Trinajstić information content (AvgIpc) is 2.44. The van der Waals surface area contributed by atoms with Gasteiger partial charge in [0.15, 0.2) is 0 Å². The molecule has 0 aliphatic carbocycles. The standard InChI is InChI=1S/C17H23NO3/c1-17(2,3)21-16(19)18-9-8-13-12(10-18)11-20-15-7-5-4-6-14(13)15/h4-7,12-13H,8-11H2,1-3H3/t12-,13-/m0/s1. The second-order valence-electron chi connectivity index (χ2n) is 6.93. The molecule has 3 rings (SSSR count). The number of likely N-dealkylation sites (tertiary alicyclic amines) is 1. The number of piperidine rings is 1. The maximum absolute atomic E-state index is 12.2. The fourth-order valence-electron chi connectivity index (χ4n) is 3.22. The molecule has 2 heterocycles. The van der Waals surface area contributed by atoms with Crippen LogP contribution in [0.3, 0.4) is 0 Å². The normalized spacial score (nSPS) is 24.6. The summed E-state index contributed by atoms with van der Waals surface area (Å²) in [5, 5.41) is 0. The van der Waals surface area contributed by atoms with E-state index in [1.807, 2.05) is 37.8 Å². The summed E-state index contributed by atoms with van der Waals surface area (Å²) in [6, 6.07) is 8.25. The highest BCUT2D eigenvalue weighted by Gasteiger charge is 2.38. The van der Waals surface area contributed by atoms with Crippen LogP contribution in [0.5, 0.6) is 5.75 Å². The van der Waals surface area contributed by atoms with Gasteiger partial charge < -0.3 is 14.4 Å². The molecule has 0 saturated carbocycles. The van der Waals surface area contributed by atoms with Crippen molar-refractivity contribution in [1.29, 1.82) is 0 Å². The number of para-hydroxylation sites is 1. The fraction of sp³-hybridized carbons (Fsp3) is 0.588. The minimum absolute atomic E-state index is 0.209. The van der Waals surface area contributed by atoms with Gasteiger partial charge >= 0.3 is 6.09 Å². The van der Waals surface area contributed by atoms with E-state index in [0.29, 0.717) is 25.0 Å². The van der Waals surface area contributed by atoms with Crippen LogP contribution in [0, 0.1) is 5.92 Å². The quantitative estimate of drug-likeness (QED) is 0.734. The lowest BCUT2D eigenvalue weighted by Gasteiger charge is -2.42. The molecule has 1 fully saturated rings. The highest BCUT2D eigenvalue weighted by Crippen LogP contribution is 2.41. The van der Waals surface area contributed by atoms with Crippen molar-refractivity contribution in [1.82, 2.24) is 4.90 Å². The number of hydrogen-bond acceptors (Lipinski definition) is 3. The van der Waals surface area contributed by atoms with Crippen molar-refractivity contribution in [2.45, 2.75) is 38.7 Å². The summed E-state index contributed by atoms with van der Waals surface area (Å²) in [7, 11) is 0. The lowest BCUT2D eigenvalue weighted by Crippen LogP contribution is -2.47. The van der Waals surface area contributed by atoms with E-state index in [4.69, 9.17) is 9.47 Å². The topological polar surface area (TPSA) is 38.8 Å². The van der Waals surface area contributed by atoms with Crippen LogP contribution in [0.15, 0.2) is 24.3 Å². The second kappa shape index (κ2) is 5.24. The highest BCUT2D eigenvalue weighted by atomic mass is 16.6. The van der Waals surface area contributed by atoms with Gasteiger partial charge in [0.05, 0.1) is 6.61 Å². The maximum atomic E-state index is 12.2. The van der Waals surface area contributed by atoms with E-state index >= 15 is 0 Å². The number of benzene rings is 1. The lowest BCUT2D eigenvalue weighted by molar-refractivity contribution is 0.00887. The van der Waals surface area contributed by atoms with Crippen molar-refractivity contribution in [2.75, 3.05) is 19.7 Å². The first-order valence-electron chi connectivity index (χ1n) is 7.64. The van der Waals surface area contributed by atoms with Crippen LogP contribution in [0.2, 0.25) is 0 Å². The van der Waals surface area contributed by atoms with Crippen LogP contribution in [0.1, 0.15) is 38.7 Å². The molecular weight excluding hydrogens is 266 g/mol. The predicted octanol–water partition coefficient (Wildman–Crippen LogP) is 3.42. The van der Waals surface area contributed by atoms with Gasteiger partial charge in [-0.25, -0.2) is 4.79 Å². The van der Waals surface area contributed by atoms with Gasteiger partial charge in [0, 0.05) is 19.0 Å². The molecule has 2 atom stereocenters. The Kier molecular flexibility index (Phi) is 3.56. The molecule has 1 amide bonds. The average molecular weight is 289 g/mol. The number of carbonyl (C=O) groups is 1. The molecule has 4 nitrogen and oxygen atoms in total. The zero-order valence-corrected chi connectivity index (χ0v) is 13.0. The van der Waals surface area contributed by atoms with Crippen LogP contribution < -0.4 is 4.74 Å². The molecule has 1 aromatic rings. The summed E-state index contributed by atoms with van der Waals surface area (Å²) in [5.74, 6) is 1.86. The molecule has 0 spiro atoms. The van der Waals surface area contributed by atoms with Crippen LogP contribution in [-0.2, 0) is 4.74 Å². The Morgan fingerprint density at radius 3 is 2.86 bits per heavy atom. The van der Waals surface area contributed by atoms with Crippen LogP contribution in [0.4, 0.5) is 4.79 Å². The first-order valence-corrected chi connectivity index (χ1v) is 7.64. The summed E-state index contributed by atoms with van der Waals surface area (Å²) in [5.41, 5.74) is 0.849. The van der Waals surface area contributed by atoms with E-state index in [1.165, 1.54) is 5.56 Å². The van der Waals surface area contributed by atoms with Gasteiger partial charge in [-0.05, 0) is 44.7 Å².